The predicted molar refractivity (Wildman–Crippen MR) is 130 cm³/mol. The smallest absolute Gasteiger partial charge is 0.258 e. The van der Waals surface area contributed by atoms with Crippen molar-refractivity contribution in [3.8, 4) is 5.75 Å². The molecule has 0 spiro atoms. The molecule has 1 unspecified atom stereocenters. The number of nitrogens with zero attached hydrogens (tertiary/aromatic N) is 1. The highest BCUT2D eigenvalue weighted by molar-refractivity contribution is 14.0. The maximum atomic E-state index is 11.7. The normalized spacial score (nSPS) is 14.5. The minimum atomic E-state index is -0.0523. The van der Waals surface area contributed by atoms with Crippen LogP contribution in [0.25, 0.3) is 0 Å². The number of guanidine groups is 1. The molecule has 0 bridgehead atoms. The number of aliphatic imine (C=N–C) groups is 1. The highest BCUT2D eigenvalue weighted by atomic mass is 127. The Bertz CT molecular complexity index is 635. The Morgan fingerprint density at radius 3 is 2.76 bits per heavy atom. The van der Waals surface area contributed by atoms with Crippen molar-refractivity contribution < 1.29 is 9.53 Å². The second-order valence-electron chi connectivity index (χ2n) is 7.60. The van der Waals surface area contributed by atoms with Gasteiger partial charge in [-0.2, -0.15) is 0 Å². The number of carbonyl (C=O) groups is 1. The van der Waals surface area contributed by atoms with E-state index >= 15 is 0 Å². The molecule has 7 heteroatoms. The van der Waals surface area contributed by atoms with Crippen LogP contribution < -0.4 is 20.7 Å². The average Bonchev–Trinajstić information content (AvgIpc) is 3.51. The van der Waals surface area contributed by atoms with Gasteiger partial charge in [-0.05, 0) is 43.9 Å². The van der Waals surface area contributed by atoms with Crippen LogP contribution in [0.2, 0.25) is 0 Å². The second kappa shape index (κ2) is 14.5. The van der Waals surface area contributed by atoms with E-state index in [9.17, 15) is 4.79 Å². The highest BCUT2D eigenvalue weighted by Gasteiger charge is 2.23. The number of carbonyl (C=O) groups excluding carboxylic acids is 1. The van der Waals surface area contributed by atoms with Crippen LogP contribution in [-0.4, -0.2) is 37.6 Å². The molecule has 1 fully saturated rings. The second-order valence-corrected chi connectivity index (χ2v) is 7.60. The summed E-state index contributed by atoms with van der Waals surface area (Å²) >= 11 is 0. The number of halogens is 1. The number of hydrogen-bond acceptors (Lipinski definition) is 3. The number of hydrogen-bond donors (Lipinski definition) is 3. The van der Waals surface area contributed by atoms with Crippen LogP contribution in [-0.2, 0) is 11.3 Å². The molecule has 29 heavy (non-hydrogen) atoms. The molecule has 0 heterocycles. The molecule has 0 saturated heterocycles. The SMILES string of the molecule is CCCCCCC(C)NC(=NC)NCc1cccc(OCC(=O)NC2CC2)c1.I. The van der Waals surface area contributed by atoms with Gasteiger partial charge in [0, 0.05) is 25.7 Å². The quantitative estimate of drug-likeness (QED) is 0.170. The molecular weight excluding hydrogens is 479 g/mol. The Morgan fingerprint density at radius 2 is 2.07 bits per heavy atom. The summed E-state index contributed by atoms with van der Waals surface area (Å²) < 4.78 is 5.61. The Labute approximate surface area is 192 Å². The summed E-state index contributed by atoms with van der Waals surface area (Å²) in [5.41, 5.74) is 1.08. The van der Waals surface area contributed by atoms with Crippen LogP contribution in [0.1, 0.15) is 64.4 Å². The maximum Gasteiger partial charge on any atom is 0.258 e. The van der Waals surface area contributed by atoms with Crippen LogP contribution in [0, 0.1) is 0 Å². The molecule has 0 aliphatic heterocycles. The zero-order valence-corrected chi connectivity index (χ0v) is 20.3. The molecule has 1 amide bonds. The van der Waals surface area contributed by atoms with Gasteiger partial charge < -0.3 is 20.7 Å². The van der Waals surface area contributed by atoms with E-state index in [4.69, 9.17) is 4.74 Å². The van der Waals surface area contributed by atoms with Crippen molar-refractivity contribution in [1.82, 2.24) is 16.0 Å². The molecule has 2 rings (SSSR count). The van der Waals surface area contributed by atoms with Crippen LogP contribution >= 0.6 is 24.0 Å². The third-order valence-corrected chi connectivity index (χ3v) is 4.77. The van der Waals surface area contributed by atoms with Gasteiger partial charge in [-0.1, -0.05) is 44.7 Å². The summed E-state index contributed by atoms with van der Waals surface area (Å²) in [6, 6.07) is 8.56. The Kier molecular flexibility index (Phi) is 12.7. The lowest BCUT2D eigenvalue weighted by Crippen LogP contribution is -2.41. The summed E-state index contributed by atoms with van der Waals surface area (Å²) in [7, 11) is 1.79. The lowest BCUT2D eigenvalue weighted by molar-refractivity contribution is -0.123. The largest absolute Gasteiger partial charge is 0.484 e. The maximum absolute atomic E-state index is 11.7. The Morgan fingerprint density at radius 1 is 1.28 bits per heavy atom. The van der Waals surface area contributed by atoms with Gasteiger partial charge in [0.25, 0.3) is 5.91 Å². The molecule has 1 saturated carbocycles. The molecule has 6 nitrogen and oxygen atoms in total. The summed E-state index contributed by atoms with van der Waals surface area (Å²) in [4.78, 5) is 16.1. The van der Waals surface area contributed by atoms with Crippen LogP contribution in [0.5, 0.6) is 5.75 Å². The molecule has 1 atom stereocenters. The zero-order valence-electron chi connectivity index (χ0n) is 18.0. The van der Waals surface area contributed by atoms with Gasteiger partial charge in [0.1, 0.15) is 5.75 Å². The molecule has 164 valence electrons. The van der Waals surface area contributed by atoms with E-state index in [1.807, 2.05) is 24.3 Å². The van der Waals surface area contributed by atoms with E-state index in [1.54, 1.807) is 7.05 Å². The predicted octanol–water partition coefficient (Wildman–Crippen LogP) is 3.99. The van der Waals surface area contributed by atoms with E-state index in [2.05, 4.69) is 34.8 Å². The molecule has 1 aliphatic rings. The molecular formula is C22H37IN4O2. The van der Waals surface area contributed by atoms with Gasteiger partial charge in [0.2, 0.25) is 0 Å². The number of ether oxygens (including phenoxy) is 1. The fourth-order valence-electron chi connectivity index (χ4n) is 2.95. The number of benzene rings is 1. The van der Waals surface area contributed by atoms with Crippen molar-refractivity contribution in [3.05, 3.63) is 29.8 Å². The number of unbranched alkanes of at least 4 members (excludes halogenated alkanes) is 3. The minimum absolute atomic E-state index is 0. The lowest BCUT2D eigenvalue weighted by Gasteiger charge is -2.18. The summed E-state index contributed by atoms with van der Waals surface area (Å²) in [5.74, 6) is 1.46. The molecule has 0 aromatic heterocycles. The fraction of sp³-hybridized carbons (Fsp3) is 0.636. The number of amides is 1. The third-order valence-electron chi connectivity index (χ3n) is 4.77. The van der Waals surface area contributed by atoms with E-state index in [1.165, 1.54) is 25.7 Å². The van der Waals surface area contributed by atoms with Gasteiger partial charge >= 0.3 is 0 Å². The highest BCUT2D eigenvalue weighted by Crippen LogP contribution is 2.18. The molecule has 1 aliphatic carbocycles. The van der Waals surface area contributed by atoms with E-state index < -0.39 is 0 Å². The first-order valence-corrected chi connectivity index (χ1v) is 10.6. The molecule has 1 aromatic carbocycles. The van der Waals surface area contributed by atoms with Gasteiger partial charge in [0.05, 0.1) is 0 Å². The van der Waals surface area contributed by atoms with Crippen molar-refractivity contribution in [2.75, 3.05) is 13.7 Å². The van der Waals surface area contributed by atoms with Crippen LogP contribution in [0.15, 0.2) is 29.3 Å². The zero-order chi connectivity index (χ0) is 20.2. The summed E-state index contributed by atoms with van der Waals surface area (Å²) in [5, 5.41) is 9.72. The van der Waals surface area contributed by atoms with Crippen LogP contribution in [0.4, 0.5) is 0 Å². The summed E-state index contributed by atoms with van der Waals surface area (Å²) in [6.07, 6.45) is 8.41. The van der Waals surface area contributed by atoms with Gasteiger partial charge in [0.15, 0.2) is 12.6 Å². The van der Waals surface area contributed by atoms with Crippen molar-refractivity contribution in [1.29, 1.82) is 0 Å². The monoisotopic (exact) mass is 516 g/mol. The first-order chi connectivity index (χ1) is 13.6. The van der Waals surface area contributed by atoms with E-state index in [0.717, 1.165) is 30.8 Å². The Balaban J connectivity index is 0.00000420. The van der Waals surface area contributed by atoms with Crippen molar-refractivity contribution in [2.45, 2.75) is 77.4 Å². The van der Waals surface area contributed by atoms with Crippen LogP contribution in [0.3, 0.4) is 0 Å². The topological polar surface area (TPSA) is 74.8 Å². The van der Waals surface area contributed by atoms with E-state index in [-0.39, 0.29) is 36.5 Å². The lowest BCUT2D eigenvalue weighted by atomic mass is 10.1. The van der Waals surface area contributed by atoms with Crippen molar-refractivity contribution in [2.24, 2.45) is 4.99 Å². The average molecular weight is 516 g/mol. The molecule has 3 N–H and O–H groups in total. The molecule has 1 aromatic rings. The van der Waals surface area contributed by atoms with Gasteiger partial charge in [-0.3, -0.25) is 9.79 Å². The van der Waals surface area contributed by atoms with Crippen molar-refractivity contribution in [3.63, 3.8) is 0 Å². The first-order valence-electron chi connectivity index (χ1n) is 10.6. The molecule has 0 radical (unpaired) electrons. The first kappa shape index (κ1) is 25.5. The van der Waals surface area contributed by atoms with E-state index in [0.29, 0.717) is 24.4 Å². The third kappa shape index (κ3) is 11.3. The number of rotatable bonds is 12. The minimum Gasteiger partial charge on any atom is -0.484 e. The number of nitrogens with one attached hydrogen (secondary N) is 3. The Hall–Kier alpha value is -1.51. The summed E-state index contributed by atoms with van der Waals surface area (Å²) in [6.45, 7) is 5.14. The van der Waals surface area contributed by atoms with Crippen molar-refractivity contribution >= 4 is 35.8 Å². The van der Waals surface area contributed by atoms with Gasteiger partial charge in [-0.25, -0.2) is 0 Å². The fourth-order valence-corrected chi connectivity index (χ4v) is 2.95. The standard InChI is InChI=1S/C22H36N4O2.HI/c1-4-5-6-7-9-17(2)25-22(23-3)24-15-18-10-8-11-20(14-18)28-16-21(27)26-19-12-13-19;/h8,10-11,14,17,19H,4-7,9,12-13,15-16H2,1-3H3,(H,26,27)(H2,23,24,25);1H. The van der Waals surface area contributed by atoms with Gasteiger partial charge in [-0.15, -0.1) is 24.0 Å².